The van der Waals surface area contributed by atoms with Crippen molar-refractivity contribution in [3.05, 3.63) is 16.1 Å². The van der Waals surface area contributed by atoms with E-state index in [1.807, 2.05) is 0 Å². The third kappa shape index (κ3) is 3.77. The second-order valence-corrected chi connectivity index (χ2v) is 5.96. The number of rotatable bonds is 7. The molecule has 0 unspecified atom stereocenters. The van der Waals surface area contributed by atoms with E-state index in [9.17, 15) is 0 Å². The summed E-state index contributed by atoms with van der Waals surface area (Å²) in [5.74, 6) is 0. The van der Waals surface area contributed by atoms with E-state index in [1.54, 1.807) is 11.3 Å². The Kier molecular flexibility index (Phi) is 5.60. The minimum atomic E-state index is 0.800. The fraction of sp³-hybridized carbons (Fsp3) is 0.786. The first kappa shape index (κ1) is 14.0. The van der Waals surface area contributed by atoms with Crippen molar-refractivity contribution in [3.63, 3.8) is 0 Å². The molecule has 0 aliphatic heterocycles. The highest BCUT2D eigenvalue weighted by Gasteiger charge is 2.21. The van der Waals surface area contributed by atoms with E-state index in [2.05, 4.69) is 29.4 Å². The van der Waals surface area contributed by atoms with Crippen molar-refractivity contribution >= 4 is 11.3 Å². The van der Waals surface area contributed by atoms with Crippen molar-refractivity contribution in [1.82, 2.24) is 15.2 Å². The third-order valence-electron chi connectivity index (χ3n) is 3.74. The first-order valence-corrected chi connectivity index (χ1v) is 8.09. The van der Waals surface area contributed by atoms with Crippen molar-refractivity contribution in [2.24, 2.45) is 0 Å². The van der Waals surface area contributed by atoms with E-state index >= 15 is 0 Å². The van der Waals surface area contributed by atoms with E-state index < -0.39 is 0 Å². The average Bonchev–Trinajstić information content (AvgIpc) is 3.04. The van der Waals surface area contributed by atoms with Crippen LogP contribution in [0.1, 0.15) is 50.2 Å². The summed E-state index contributed by atoms with van der Waals surface area (Å²) in [7, 11) is 0. The predicted molar refractivity (Wildman–Crippen MR) is 77.8 cm³/mol. The second-order valence-electron chi connectivity index (χ2n) is 5.01. The summed E-state index contributed by atoms with van der Waals surface area (Å²) >= 11 is 1.78. The molecule has 2 rings (SSSR count). The van der Waals surface area contributed by atoms with E-state index in [1.165, 1.54) is 36.4 Å². The third-order valence-corrected chi connectivity index (χ3v) is 4.64. The van der Waals surface area contributed by atoms with Gasteiger partial charge >= 0.3 is 0 Å². The molecule has 1 N–H and O–H groups in total. The van der Waals surface area contributed by atoms with Gasteiger partial charge in [-0.25, -0.2) is 4.98 Å². The minimum Gasteiger partial charge on any atom is -0.311 e. The van der Waals surface area contributed by atoms with Crippen LogP contribution in [-0.4, -0.2) is 29.0 Å². The Balaban J connectivity index is 1.88. The Hall–Kier alpha value is -0.450. The van der Waals surface area contributed by atoms with Crippen LogP contribution in [0.5, 0.6) is 0 Å². The molecule has 0 amide bonds. The van der Waals surface area contributed by atoms with Crippen LogP contribution in [0.4, 0.5) is 0 Å². The summed E-state index contributed by atoms with van der Waals surface area (Å²) < 4.78 is 0. The lowest BCUT2D eigenvalue weighted by molar-refractivity contribution is 0.198. The Labute approximate surface area is 115 Å². The van der Waals surface area contributed by atoms with Crippen molar-refractivity contribution in [2.75, 3.05) is 13.1 Å². The van der Waals surface area contributed by atoms with Gasteiger partial charge < -0.3 is 5.32 Å². The zero-order chi connectivity index (χ0) is 12.8. The predicted octanol–water partition coefficient (Wildman–Crippen LogP) is 3.02. The molecule has 0 saturated heterocycles. The van der Waals surface area contributed by atoms with Crippen LogP contribution < -0.4 is 5.32 Å². The Morgan fingerprint density at radius 1 is 1.39 bits per heavy atom. The molecule has 0 bridgehead atoms. The fourth-order valence-corrected chi connectivity index (χ4v) is 3.47. The van der Waals surface area contributed by atoms with Gasteiger partial charge in [-0.05, 0) is 25.9 Å². The molecule has 1 aliphatic carbocycles. The first-order chi connectivity index (χ1) is 8.83. The molecule has 18 heavy (non-hydrogen) atoms. The Bertz CT molecular complexity index is 345. The van der Waals surface area contributed by atoms with Crippen LogP contribution in [0.2, 0.25) is 0 Å². The molecule has 102 valence electrons. The SMILES string of the molecule is CCNCc1nc(CN(CC)C2CCCC2)cs1. The molecule has 1 aliphatic rings. The molecule has 0 radical (unpaired) electrons. The van der Waals surface area contributed by atoms with Crippen LogP contribution in [0, 0.1) is 0 Å². The van der Waals surface area contributed by atoms with E-state index in [0.29, 0.717) is 0 Å². The van der Waals surface area contributed by atoms with Crippen molar-refractivity contribution in [2.45, 2.75) is 58.7 Å². The number of nitrogens with one attached hydrogen (secondary N) is 1. The van der Waals surface area contributed by atoms with Gasteiger partial charge in [-0.3, -0.25) is 4.90 Å². The highest BCUT2D eigenvalue weighted by atomic mass is 32.1. The zero-order valence-corrected chi connectivity index (χ0v) is 12.4. The van der Waals surface area contributed by atoms with Gasteiger partial charge in [0.1, 0.15) is 5.01 Å². The molecule has 1 saturated carbocycles. The van der Waals surface area contributed by atoms with Gasteiger partial charge in [-0.2, -0.15) is 0 Å². The molecule has 1 fully saturated rings. The van der Waals surface area contributed by atoms with Gasteiger partial charge in [-0.15, -0.1) is 11.3 Å². The van der Waals surface area contributed by atoms with Crippen molar-refractivity contribution < 1.29 is 0 Å². The van der Waals surface area contributed by atoms with E-state index in [0.717, 1.165) is 32.2 Å². The summed E-state index contributed by atoms with van der Waals surface area (Å²) in [5, 5.41) is 6.78. The fourth-order valence-electron chi connectivity index (χ4n) is 2.71. The lowest BCUT2D eigenvalue weighted by Gasteiger charge is -2.26. The number of nitrogens with zero attached hydrogens (tertiary/aromatic N) is 2. The number of thiazole rings is 1. The average molecular weight is 267 g/mol. The maximum atomic E-state index is 4.72. The van der Waals surface area contributed by atoms with Crippen LogP contribution >= 0.6 is 11.3 Å². The molecule has 1 heterocycles. The lowest BCUT2D eigenvalue weighted by Crippen LogP contribution is -2.32. The minimum absolute atomic E-state index is 0.800. The standard InChI is InChI=1S/C14H25N3S/c1-3-15-9-14-16-12(11-18-14)10-17(4-2)13-7-5-6-8-13/h11,13,15H,3-10H2,1-2H3. The summed E-state index contributed by atoms with van der Waals surface area (Å²) in [4.78, 5) is 7.32. The van der Waals surface area contributed by atoms with Gasteiger partial charge in [0.05, 0.1) is 5.69 Å². The molecule has 0 aromatic carbocycles. The van der Waals surface area contributed by atoms with Crippen LogP contribution in [0.25, 0.3) is 0 Å². The smallest absolute Gasteiger partial charge is 0.107 e. The maximum Gasteiger partial charge on any atom is 0.107 e. The highest BCUT2D eigenvalue weighted by Crippen LogP contribution is 2.25. The van der Waals surface area contributed by atoms with Gasteiger partial charge in [0.2, 0.25) is 0 Å². The topological polar surface area (TPSA) is 28.2 Å². The normalized spacial score (nSPS) is 16.8. The Morgan fingerprint density at radius 2 is 2.17 bits per heavy atom. The van der Waals surface area contributed by atoms with Gasteiger partial charge in [-0.1, -0.05) is 26.7 Å². The van der Waals surface area contributed by atoms with Gasteiger partial charge in [0, 0.05) is 24.5 Å². The number of aromatic nitrogens is 1. The van der Waals surface area contributed by atoms with Crippen molar-refractivity contribution in [3.8, 4) is 0 Å². The zero-order valence-electron chi connectivity index (χ0n) is 11.6. The monoisotopic (exact) mass is 267 g/mol. The van der Waals surface area contributed by atoms with Crippen molar-refractivity contribution in [1.29, 1.82) is 0 Å². The van der Waals surface area contributed by atoms with Gasteiger partial charge in [0.15, 0.2) is 0 Å². The molecular formula is C14H25N3S. The lowest BCUT2D eigenvalue weighted by atomic mass is 10.2. The van der Waals surface area contributed by atoms with Gasteiger partial charge in [0.25, 0.3) is 0 Å². The molecule has 1 aromatic rings. The molecular weight excluding hydrogens is 242 g/mol. The summed E-state index contributed by atoms with van der Waals surface area (Å²) in [5.41, 5.74) is 1.25. The molecule has 1 aromatic heterocycles. The number of hydrogen-bond acceptors (Lipinski definition) is 4. The van der Waals surface area contributed by atoms with E-state index in [4.69, 9.17) is 4.98 Å². The van der Waals surface area contributed by atoms with Crippen LogP contribution in [-0.2, 0) is 13.1 Å². The quantitative estimate of drug-likeness (QED) is 0.823. The van der Waals surface area contributed by atoms with Crippen LogP contribution in [0.3, 0.4) is 0 Å². The largest absolute Gasteiger partial charge is 0.311 e. The highest BCUT2D eigenvalue weighted by molar-refractivity contribution is 7.09. The summed E-state index contributed by atoms with van der Waals surface area (Å²) in [6, 6.07) is 0.800. The molecule has 0 atom stereocenters. The number of hydrogen-bond donors (Lipinski definition) is 1. The maximum absolute atomic E-state index is 4.72. The molecule has 3 nitrogen and oxygen atoms in total. The van der Waals surface area contributed by atoms with Crippen LogP contribution in [0.15, 0.2) is 5.38 Å². The molecule has 4 heteroatoms. The van der Waals surface area contributed by atoms with E-state index in [-0.39, 0.29) is 0 Å². The summed E-state index contributed by atoms with van der Waals surface area (Å²) in [6.45, 7) is 8.50. The molecule has 0 spiro atoms. The second kappa shape index (κ2) is 7.22. The summed E-state index contributed by atoms with van der Waals surface area (Å²) in [6.07, 6.45) is 5.57. The first-order valence-electron chi connectivity index (χ1n) is 7.21. The Morgan fingerprint density at radius 3 is 2.83 bits per heavy atom.